The van der Waals surface area contributed by atoms with Crippen LogP contribution in [-0.2, 0) is 0 Å². The van der Waals surface area contributed by atoms with E-state index in [0.717, 1.165) is 16.8 Å². The minimum Gasteiger partial charge on any atom is -1.00 e. The number of carbonyl (C=O) groups is 2. The summed E-state index contributed by atoms with van der Waals surface area (Å²) in [6, 6.07) is 18.4. The van der Waals surface area contributed by atoms with Gasteiger partial charge in [0.1, 0.15) is 0 Å². The number of hydrogen-bond acceptors (Lipinski definition) is 3. The number of halogens is 1. The van der Waals surface area contributed by atoms with Crippen molar-refractivity contribution in [1.29, 1.82) is 0 Å². The Bertz CT molecular complexity index is 1080. The lowest BCUT2D eigenvalue weighted by Gasteiger charge is -2.20. The van der Waals surface area contributed by atoms with Crippen molar-refractivity contribution in [2.24, 2.45) is 0 Å². The number of Topliss-reactive ketones (excluding diaryl/α,β-unsaturated/α-hetero) is 2. The number of nitrogens with one attached hydrogen (secondary N) is 1. The molecule has 0 amide bonds. The third-order valence-electron chi connectivity index (χ3n) is 4.80. The van der Waals surface area contributed by atoms with Gasteiger partial charge in [0.2, 0.25) is 5.78 Å². The predicted molar refractivity (Wildman–Crippen MR) is 104 cm³/mol. The van der Waals surface area contributed by atoms with E-state index < -0.39 is 0 Å². The monoisotopic (exact) mass is 482 g/mol. The molecule has 140 valence electrons. The third-order valence-corrected chi connectivity index (χ3v) is 4.80. The lowest BCUT2D eigenvalue weighted by Crippen LogP contribution is -3.00. The van der Waals surface area contributed by atoms with E-state index in [1.54, 1.807) is 41.2 Å². The fourth-order valence-corrected chi connectivity index (χ4v) is 3.41. The van der Waals surface area contributed by atoms with Gasteiger partial charge in [-0.1, -0.05) is 48.5 Å². The number of aryl methyl sites for hydroxylation is 2. The minimum atomic E-state index is -0.181. The lowest BCUT2D eigenvalue weighted by atomic mass is 9.89. The molecule has 1 aliphatic rings. The molecule has 2 aromatic carbocycles. The number of anilines is 1. The van der Waals surface area contributed by atoms with Gasteiger partial charge in [-0.25, -0.2) is 0 Å². The molecule has 0 fully saturated rings. The van der Waals surface area contributed by atoms with Crippen molar-refractivity contribution in [1.82, 2.24) is 0 Å². The number of rotatable bonds is 3. The molecule has 0 bridgehead atoms. The Labute approximate surface area is 180 Å². The molecule has 5 heteroatoms. The molecule has 0 spiro atoms. The Morgan fingerprint density at radius 3 is 1.89 bits per heavy atom. The van der Waals surface area contributed by atoms with Crippen LogP contribution < -0.4 is 33.9 Å². The summed E-state index contributed by atoms with van der Waals surface area (Å²) in [4.78, 5) is 26.5. The molecule has 4 rings (SSSR count). The first-order chi connectivity index (χ1) is 13.1. The molecular formula is C23H19IN2O2. The molecule has 0 unspecified atom stereocenters. The molecule has 0 saturated carbocycles. The van der Waals surface area contributed by atoms with Crippen LogP contribution in [0.4, 0.5) is 5.69 Å². The van der Waals surface area contributed by atoms with Crippen LogP contribution in [0.3, 0.4) is 0 Å². The second kappa shape index (κ2) is 8.06. The van der Waals surface area contributed by atoms with Crippen LogP contribution in [0, 0.1) is 13.8 Å². The predicted octanol–water partition coefficient (Wildman–Crippen LogP) is 0.955. The fraction of sp³-hybridized carbons (Fsp3) is 0.0870. The first-order valence-electron chi connectivity index (χ1n) is 8.80. The number of carbonyl (C=O) groups excluding carboxylic acids is 2. The Kier molecular flexibility index (Phi) is 5.74. The van der Waals surface area contributed by atoms with Gasteiger partial charge in [-0.2, -0.15) is 4.57 Å². The van der Waals surface area contributed by atoms with E-state index >= 15 is 0 Å². The summed E-state index contributed by atoms with van der Waals surface area (Å²) < 4.78 is 1.70. The number of hydrogen-bond donors (Lipinski definition) is 1. The maximum absolute atomic E-state index is 13.3. The summed E-state index contributed by atoms with van der Waals surface area (Å²) in [5, 5.41) is 3.28. The molecule has 3 aromatic rings. The highest BCUT2D eigenvalue weighted by Gasteiger charge is 2.38. The molecule has 0 saturated heterocycles. The quantitative estimate of drug-likeness (QED) is 0.447. The average Bonchev–Trinajstić information content (AvgIpc) is 2.69. The Morgan fingerprint density at radius 2 is 1.29 bits per heavy atom. The molecule has 4 nitrogen and oxygen atoms in total. The van der Waals surface area contributed by atoms with Gasteiger partial charge < -0.3 is 29.3 Å². The highest BCUT2D eigenvalue weighted by atomic mass is 127. The number of ketones is 2. The second-order valence-electron chi connectivity index (χ2n) is 6.60. The first-order valence-corrected chi connectivity index (χ1v) is 8.80. The van der Waals surface area contributed by atoms with E-state index in [4.69, 9.17) is 0 Å². The number of para-hydroxylation sites is 1. The van der Waals surface area contributed by atoms with Crippen LogP contribution in [-0.4, -0.2) is 11.6 Å². The molecule has 1 aromatic heterocycles. The van der Waals surface area contributed by atoms with E-state index in [9.17, 15) is 9.59 Å². The van der Waals surface area contributed by atoms with Crippen molar-refractivity contribution in [3.8, 4) is 0 Å². The summed E-state index contributed by atoms with van der Waals surface area (Å²) in [5.74, 6) is -0.352. The van der Waals surface area contributed by atoms with Crippen LogP contribution in [0.5, 0.6) is 0 Å². The largest absolute Gasteiger partial charge is 1.00 e. The fourth-order valence-electron chi connectivity index (χ4n) is 3.41. The number of fused-ring (bicyclic) bond motifs is 1. The van der Waals surface area contributed by atoms with Crippen molar-refractivity contribution >= 4 is 23.0 Å². The van der Waals surface area contributed by atoms with Gasteiger partial charge in [0, 0.05) is 28.9 Å². The second-order valence-corrected chi connectivity index (χ2v) is 6.60. The average molecular weight is 482 g/mol. The van der Waals surface area contributed by atoms with Crippen molar-refractivity contribution in [2.45, 2.75) is 13.8 Å². The van der Waals surface area contributed by atoms with Crippen molar-refractivity contribution in [3.63, 3.8) is 0 Å². The molecule has 1 aliphatic carbocycles. The standard InChI is InChI=1S/C23H18N2O2.HI/c1-15-9-8-10-16(2)19(15)24-20-21(25-13-6-3-7-14-25)23(27)18-12-5-4-11-17(18)22(20)26;/h3-14H,1-2H3;1H. The summed E-state index contributed by atoms with van der Waals surface area (Å²) >= 11 is 0. The zero-order valence-electron chi connectivity index (χ0n) is 15.6. The topological polar surface area (TPSA) is 50.1 Å². The molecule has 28 heavy (non-hydrogen) atoms. The van der Waals surface area contributed by atoms with Gasteiger partial charge in [-0.15, -0.1) is 0 Å². The van der Waals surface area contributed by atoms with Crippen molar-refractivity contribution < 1.29 is 38.1 Å². The van der Waals surface area contributed by atoms with E-state index in [2.05, 4.69) is 5.32 Å². The lowest BCUT2D eigenvalue weighted by molar-refractivity contribution is -0.577. The van der Waals surface area contributed by atoms with Gasteiger partial charge in [0.25, 0.3) is 11.5 Å². The molecule has 1 N–H and O–H groups in total. The molecule has 0 aliphatic heterocycles. The molecule has 0 atom stereocenters. The van der Waals surface area contributed by atoms with E-state index in [0.29, 0.717) is 22.5 Å². The zero-order valence-corrected chi connectivity index (χ0v) is 17.7. The Hall–Kier alpha value is -2.80. The highest BCUT2D eigenvalue weighted by Crippen LogP contribution is 2.29. The van der Waals surface area contributed by atoms with Crippen LogP contribution >= 0.6 is 0 Å². The first kappa shape index (κ1) is 19.9. The van der Waals surface area contributed by atoms with Crippen molar-refractivity contribution in [2.75, 3.05) is 5.32 Å². The maximum Gasteiger partial charge on any atom is 0.286 e. The summed E-state index contributed by atoms with van der Waals surface area (Å²) in [5.41, 5.74) is 4.37. The smallest absolute Gasteiger partial charge is 0.286 e. The SMILES string of the molecule is Cc1cccc(C)c1NC1=C([n+]2ccccc2)C(=O)c2ccccc2C1=O.[I-]. The Morgan fingerprint density at radius 1 is 0.714 bits per heavy atom. The third kappa shape index (κ3) is 3.38. The number of pyridine rings is 1. The van der Waals surface area contributed by atoms with Gasteiger partial charge in [-0.3, -0.25) is 9.59 Å². The summed E-state index contributed by atoms with van der Waals surface area (Å²) in [6.07, 6.45) is 3.56. The minimum absolute atomic E-state index is 0. The Balaban J connectivity index is 0.00000225. The van der Waals surface area contributed by atoms with Gasteiger partial charge in [0.15, 0.2) is 18.1 Å². The number of benzene rings is 2. The van der Waals surface area contributed by atoms with E-state index in [1.807, 2.05) is 50.2 Å². The van der Waals surface area contributed by atoms with E-state index in [1.165, 1.54) is 0 Å². The van der Waals surface area contributed by atoms with Crippen molar-refractivity contribution in [3.05, 3.63) is 101 Å². The van der Waals surface area contributed by atoms with Gasteiger partial charge >= 0.3 is 0 Å². The summed E-state index contributed by atoms with van der Waals surface area (Å²) in [7, 11) is 0. The maximum atomic E-state index is 13.3. The summed E-state index contributed by atoms with van der Waals surface area (Å²) in [6.45, 7) is 3.96. The van der Waals surface area contributed by atoms with Crippen LogP contribution in [0.25, 0.3) is 5.70 Å². The number of allylic oxidation sites excluding steroid dienone is 2. The van der Waals surface area contributed by atoms with Crippen LogP contribution in [0.15, 0.2) is 78.8 Å². The van der Waals surface area contributed by atoms with Crippen LogP contribution in [0.1, 0.15) is 31.8 Å². The number of aromatic nitrogens is 1. The molecular weight excluding hydrogens is 463 g/mol. The van der Waals surface area contributed by atoms with Crippen LogP contribution in [0.2, 0.25) is 0 Å². The number of nitrogens with zero attached hydrogens (tertiary/aromatic N) is 1. The normalized spacial score (nSPS) is 13.1. The molecule has 0 radical (unpaired) electrons. The highest BCUT2D eigenvalue weighted by molar-refractivity contribution is 6.36. The molecule has 1 heterocycles. The van der Waals surface area contributed by atoms with E-state index in [-0.39, 0.29) is 35.5 Å². The van der Waals surface area contributed by atoms with Gasteiger partial charge in [0.05, 0.1) is 0 Å². The zero-order chi connectivity index (χ0) is 19.0. The van der Waals surface area contributed by atoms with Gasteiger partial charge in [-0.05, 0) is 25.0 Å².